The monoisotopic (exact) mass is 160 g/mol. The van der Waals surface area contributed by atoms with Crippen molar-refractivity contribution in [3.05, 3.63) is 0 Å². The number of rotatable bonds is 0. The average Bonchev–Trinajstić information content (AvgIpc) is 2.31. The molecule has 2 unspecified atom stereocenters. The van der Waals surface area contributed by atoms with E-state index in [9.17, 15) is 4.79 Å². The van der Waals surface area contributed by atoms with Crippen LogP contribution in [0.3, 0.4) is 0 Å². The van der Waals surface area contributed by atoms with E-state index < -0.39 is 18.5 Å². The van der Waals surface area contributed by atoms with Gasteiger partial charge >= 0.3 is 6.16 Å². The number of aliphatic hydroxyl groups is 1. The summed E-state index contributed by atoms with van der Waals surface area (Å²) in [6.45, 7) is 0.402. The second kappa shape index (κ2) is 2.35. The zero-order valence-corrected chi connectivity index (χ0v) is 5.73. The molecule has 0 aromatic rings. The first kappa shape index (κ1) is 6.87. The van der Waals surface area contributed by atoms with E-state index in [1.165, 1.54) is 0 Å². The number of aliphatic hydroxyl groups excluding tert-OH is 1. The first-order valence-corrected chi connectivity index (χ1v) is 3.44. The summed E-state index contributed by atoms with van der Waals surface area (Å²) >= 11 is 0. The average molecular weight is 160 g/mol. The lowest BCUT2D eigenvalue weighted by Gasteiger charge is -2.25. The summed E-state index contributed by atoms with van der Waals surface area (Å²) < 4.78 is 14.2. The van der Waals surface area contributed by atoms with Gasteiger partial charge in [0.1, 0.15) is 6.10 Å². The maximum atomic E-state index is 10.5. The molecule has 11 heavy (non-hydrogen) atoms. The van der Waals surface area contributed by atoms with Crippen LogP contribution in [0.4, 0.5) is 4.79 Å². The van der Waals surface area contributed by atoms with Gasteiger partial charge in [-0.3, -0.25) is 0 Å². The van der Waals surface area contributed by atoms with Crippen LogP contribution >= 0.6 is 0 Å². The molecule has 2 heterocycles. The highest BCUT2D eigenvalue weighted by Gasteiger charge is 2.44. The Morgan fingerprint density at radius 3 is 3.00 bits per heavy atom. The van der Waals surface area contributed by atoms with E-state index in [-0.39, 0.29) is 6.10 Å². The Bertz CT molecular complexity index is 180. The van der Waals surface area contributed by atoms with E-state index in [2.05, 4.69) is 4.74 Å². The summed E-state index contributed by atoms with van der Waals surface area (Å²) in [6, 6.07) is 0. The number of fused-ring (bicyclic) bond motifs is 1. The second-order valence-corrected chi connectivity index (χ2v) is 2.54. The maximum Gasteiger partial charge on any atom is 0.509 e. The Labute approximate surface area is 62.8 Å². The summed E-state index contributed by atoms with van der Waals surface area (Å²) in [5, 5.41) is 9.12. The summed E-state index contributed by atoms with van der Waals surface area (Å²) in [5.41, 5.74) is 0. The van der Waals surface area contributed by atoms with Crippen molar-refractivity contribution in [3.8, 4) is 0 Å². The first-order chi connectivity index (χ1) is 5.27. The van der Waals surface area contributed by atoms with Crippen molar-refractivity contribution in [1.29, 1.82) is 0 Å². The van der Waals surface area contributed by atoms with E-state index in [1.807, 2.05) is 0 Å². The molecule has 2 aliphatic heterocycles. The molecule has 0 radical (unpaired) electrons. The summed E-state index contributed by atoms with van der Waals surface area (Å²) in [6.07, 6.45) is -2.11. The third-order valence-corrected chi connectivity index (χ3v) is 1.82. The van der Waals surface area contributed by atoms with Crippen LogP contribution in [0.15, 0.2) is 0 Å². The van der Waals surface area contributed by atoms with Crippen molar-refractivity contribution in [2.45, 2.75) is 24.9 Å². The lowest BCUT2D eigenvalue weighted by Crippen LogP contribution is -2.42. The van der Waals surface area contributed by atoms with E-state index in [1.54, 1.807) is 0 Å². The molecule has 5 heteroatoms. The molecule has 0 spiro atoms. The van der Waals surface area contributed by atoms with Crippen LogP contribution in [0.5, 0.6) is 0 Å². The Hall–Kier alpha value is -0.810. The van der Waals surface area contributed by atoms with Crippen LogP contribution in [-0.4, -0.2) is 36.4 Å². The highest BCUT2D eigenvalue weighted by atomic mass is 16.8. The van der Waals surface area contributed by atoms with Gasteiger partial charge in [0.2, 0.25) is 0 Å². The lowest BCUT2D eigenvalue weighted by atomic mass is 10.1. The zero-order valence-electron chi connectivity index (χ0n) is 5.73. The molecule has 62 valence electrons. The molecule has 3 atom stereocenters. The normalized spacial score (nSPS) is 42.6. The molecule has 2 saturated heterocycles. The Morgan fingerprint density at radius 1 is 1.45 bits per heavy atom. The van der Waals surface area contributed by atoms with Crippen LogP contribution in [0.25, 0.3) is 0 Å². The largest absolute Gasteiger partial charge is 0.509 e. The number of carbonyl (C=O) groups excluding carboxylic acids is 1. The highest BCUT2D eigenvalue weighted by molar-refractivity contribution is 5.62. The molecule has 5 nitrogen and oxygen atoms in total. The quantitative estimate of drug-likeness (QED) is 0.490. The molecule has 1 N–H and O–H groups in total. The predicted octanol–water partition coefficient (Wildman–Crippen LogP) is -0.371. The van der Waals surface area contributed by atoms with Gasteiger partial charge in [0.05, 0.1) is 6.61 Å². The number of ether oxygens (including phenoxy) is 3. The van der Waals surface area contributed by atoms with Crippen molar-refractivity contribution in [2.75, 3.05) is 6.61 Å². The summed E-state index contributed by atoms with van der Waals surface area (Å²) in [5.74, 6) is 0. The van der Waals surface area contributed by atoms with Gasteiger partial charge in [-0.25, -0.2) is 4.79 Å². The fourth-order valence-electron chi connectivity index (χ4n) is 1.27. The minimum Gasteiger partial charge on any atom is -0.427 e. The van der Waals surface area contributed by atoms with Gasteiger partial charge in [-0.1, -0.05) is 0 Å². The van der Waals surface area contributed by atoms with Gasteiger partial charge in [0, 0.05) is 6.42 Å². The fraction of sp³-hybridized carbons (Fsp3) is 0.833. The summed E-state index contributed by atoms with van der Waals surface area (Å²) in [4.78, 5) is 10.5. The van der Waals surface area contributed by atoms with Gasteiger partial charge in [0.15, 0.2) is 12.4 Å². The molecule has 2 rings (SSSR count). The van der Waals surface area contributed by atoms with E-state index in [0.717, 1.165) is 0 Å². The molecular formula is C6H8O5. The Morgan fingerprint density at radius 2 is 2.27 bits per heavy atom. The zero-order chi connectivity index (χ0) is 7.84. The molecule has 2 fully saturated rings. The number of carbonyl (C=O) groups is 1. The SMILES string of the molecule is O=C1OC2CCOC(O)[C@H]2O1. The van der Waals surface area contributed by atoms with Crippen molar-refractivity contribution in [2.24, 2.45) is 0 Å². The molecule has 0 aliphatic carbocycles. The second-order valence-electron chi connectivity index (χ2n) is 2.54. The Balaban J connectivity index is 2.09. The molecule has 0 aromatic carbocycles. The molecule has 0 amide bonds. The van der Waals surface area contributed by atoms with Gasteiger partial charge in [0.25, 0.3) is 0 Å². The smallest absolute Gasteiger partial charge is 0.427 e. The van der Waals surface area contributed by atoms with Gasteiger partial charge in [-0.05, 0) is 0 Å². The lowest BCUT2D eigenvalue weighted by molar-refractivity contribution is -0.188. The fourth-order valence-corrected chi connectivity index (χ4v) is 1.27. The van der Waals surface area contributed by atoms with E-state index in [0.29, 0.717) is 13.0 Å². The van der Waals surface area contributed by atoms with Crippen LogP contribution in [-0.2, 0) is 14.2 Å². The van der Waals surface area contributed by atoms with Crippen LogP contribution < -0.4 is 0 Å². The minimum atomic E-state index is -1.03. The first-order valence-electron chi connectivity index (χ1n) is 3.44. The molecule has 0 aromatic heterocycles. The topological polar surface area (TPSA) is 65.0 Å². The van der Waals surface area contributed by atoms with Gasteiger partial charge < -0.3 is 19.3 Å². The number of hydrogen-bond acceptors (Lipinski definition) is 5. The molecule has 2 aliphatic rings. The van der Waals surface area contributed by atoms with Crippen molar-refractivity contribution >= 4 is 6.16 Å². The predicted molar refractivity (Wildman–Crippen MR) is 31.7 cm³/mol. The molecule has 0 bridgehead atoms. The van der Waals surface area contributed by atoms with Crippen molar-refractivity contribution in [3.63, 3.8) is 0 Å². The van der Waals surface area contributed by atoms with Crippen molar-refractivity contribution in [1.82, 2.24) is 0 Å². The van der Waals surface area contributed by atoms with Crippen molar-refractivity contribution < 1.29 is 24.1 Å². The minimum absolute atomic E-state index is 0.328. The molecular weight excluding hydrogens is 152 g/mol. The third-order valence-electron chi connectivity index (χ3n) is 1.82. The van der Waals surface area contributed by atoms with Crippen LogP contribution in [0, 0.1) is 0 Å². The van der Waals surface area contributed by atoms with Gasteiger partial charge in [-0.2, -0.15) is 0 Å². The molecule has 0 saturated carbocycles. The van der Waals surface area contributed by atoms with Crippen LogP contribution in [0.2, 0.25) is 0 Å². The van der Waals surface area contributed by atoms with Gasteiger partial charge in [-0.15, -0.1) is 0 Å². The highest BCUT2D eigenvalue weighted by Crippen LogP contribution is 2.25. The summed E-state index contributed by atoms with van der Waals surface area (Å²) in [7, 11) is 0. The van der Waals surface area contributed by atoms with Crippen LogP contribution in [0.1, 0.15) is 6.42 Å². The maximum absolute atomic E-state index is 10.5. The van der Waals surface area contributed by atoms with E-state index >= 15 is 0 Å². The van der Waals surface area contributed by atoms with E-state index in [4.69, 9.17) is 14.6 Å². The third kappa shape index (κ3) is 1.06. The Kier molecular flexibility index (Phi) is 1.47. The standard InChI is InChI=1S/C6H8O5/c7-5-4-3(1-2-9-5)10-6(8)11-4/h3-5,7H,1-2H2/t3?,4-,5?/m0/s1. The number of hydrogen-bond donors (Lipinski definition) is 1.